The molecule has 1 aromatic carbocycles. The summed E-state index contributed by atoms with van der Waals surface area (Å²) in [4.78, 5) is 4.48. The maximum Gasteiger partial charge on any atom is 0.165 e. The predicted molar refractivity (Wildman–Crippen MR) is 122 cm³/mol. The summed E-state index contributed by atoms with van der Waals surface area (Å²) in [6.45, 7) is 6.01. The molecule has 1 atom stereocenters. The van der Waals surface area contributed by atoms with Crippen LogP contribution in [0.3, 0.4) is 0 Å². The van der Waals surface area contributed by atoms with Gasteiger partial charge in [0.1, 0.15) is 15.8 Å². The standard InChI is InChI=1S/C21H25ClFN5O2S/c1-11(2)25-19-7-13(6-12(3)26-19)20-27-28-21(31-20)15-8-17(23)18(9-16(15)22)30-5-4-14(24)10-29/h6-9,11,14,29H,4-5,10,24H2,1-3H3,(H,25,26)/t14-/m0/s1. The lowest BCUT2D eigenvalue weighted by molar-refractivity contribution is 0.227. The lowest BCUT2D eigenvalue weighted by Crippen LogP contribution is -2.26. The molecule has 3 rings (SSSR count). The molecule has 3 aromatic rings. The van der Waals surface area contributed by atoms with Crippen LogP contribution in [0.2, 0.25) is 5.02 Å². The quantitative estimate of drug-likeness (QED) is 0.433. The van der Waals surface area contributed by atoms with E-state index in [0.29, 0.717) is 27.0 Å². The monoisotopic (exact) mass is 465 g/mol. The number of hydrogen-bond donors (Lipinski definition) is 3. The van der Waals surface area contributed by atoms with E-state index in [0.717, 1.165) is 17.1 Å². The topological polar surface area (TPSA) is 106 Å². The maximum absolute atomic E-state index is 14.6. The Bertz CT molecular complexity index is 1050. The summed E-state index contributed by atoms with van der Waals surface area (Å²) in [6.07, 6.45) is 0.397. The van der Waals surface area contributed by atoms with E-state index in [9.17, 15) is 4.39 Å². The number of aryl methyl sites for hydroxylation is 1. The second-order valence-electron chi connectivity index (χ2n) is 7.44. The summed E-state index contributed by atoms with van der Waals surface area (Å²) in [7, 11) is 0. The minimum Gasteiger partial charge on any atom is -0.490 e. The zero-order valence-corrected chi connectivity index (χ0v) is 19.1. The molecule has 0 aliphatic heterocycles. The van der Waals surface area contributed by atoms with Crippen LogP contribution in [0.25, 0.3) is 21.1 Å². The smallest absolute Gasteiger partial charge is 0.165 e. The number of nitrogens with two attached hydrogens (primary N) is 1. The third-order valence-electron chi connectivity index (χ3n) is 4.29. The highest BCUT2D eigenvalue weighted by Crippen LogP contribution is 2.37. The Labute approximate surface area is 189 Å². The lowest BCUT2D eigenvalue weighted by atomic mass is 10.2. The molecule has 0 saturated carbocycles. The van der Waals surface area contributed by atoms with Crippen molar-refractivity contribution in [3.63, 3.8) is 0 Å². The number of anilines is 1. The first-order valence-corrected chi connectivity index (χ1v) is 11.0. The normalized spacial score (nSPS) is 12.3. The zero-order chi connectivity index (χ0) is 22.5. The van der Waals surface area contributed by atoms with Crippen LogP contribution >= 0.6 is 22.9 Å². The molecule has 4 N–H and O–H groups in total. The van der Waals surface area contributed by atoms with E-state index in [1.54, 1.807) is 0 Å². The molecular weight excluding hydrogens is 441 g/mol. The van der Waals surface area contributed by atoms with E-state index >= 15 is 0 Å². The number of benzene rings is 1. The largest absolute Gasteiger partial charge is 0.490 e. The number of ether oxygens (including phenoxy) is 1. The van der Waals surface area contributed by atoms with Crippen LogP contribution in [0.15, 0.2) is 24.3 Å². The molecule has 0 amide bonds. The van der Waals surface area contributed by atoms with Crippen LogP contribution in [0.4, 0.5) is 10.2 Å². The van der Waals surface area contributed by atoms with Crippen molar-refractivity contribution < 1.29 is 14.2 Å². The first-order valence-electron chi connectivity index (χ1n) is 9.84. The molecule has 0 saturated heterocycles. The average Bonchev–Trinajstić information content (AvgIpc) is 3.19. The van der Waals surface area contributed by atoms with E-state index in [4.69, 9.17) is 27.2 Å². The second-order valence-corrected chi connectivity index (χ2v) is 8.82. The van der Waals surface area contributed by atoms with Gasteiger partial charge in [-0.2, -0.15) is 0 Å². The number of nitrogens with zero attached hydrogens (tertiary/aromatic N) is 3. The molecule has 0 radical (unpaired) electrons. The molecule has 0 aliphatic rings. The first kappa shape index (κ1) is 23.3. The highest BCUT2D eigenvalue weighted by atomic mass is 35.5. The van der Waals surface area contributed by atoms with Crippen molar-refractivity contribution in [1.82, 2.24) is 15.2 Å². The number of halogens is 2. The zero-order valence-electron chi connectivity index (χ0n) is 17.5. The van der Waals surface area contributed by atoms with Gasteiger partial charge in [-0.05, 0) is 45.4 Å². The molecule has 0 fully saturated rings. The van der Waals surface area contributed by atoms with E-state index < -0.39 is 11.9 Å². The fourth-order valence-corrected chi connectivity index (χ4v) is 3.99. The average molecular weight is 466 g/mol. The van der Waals surface area contributed by atoms with Crippen molar-refractivity contribution in [2.75, 3.05) is 18.5 Å². The predicted octanol–water partition coefficient (Wildman–Crippen LogP) is 4.28. The van der Waals surface area contributed by atoms with Crippen molar-refractivity contribution in [3.8, 4) is 26.9 Å². The van der Waals surface area contributed by atoms with Crippen molar-refractivity contribution >= 4 is 28.8 Å². The summed E-state index contributed by atoms with van der Waals surface area (Å²) >= 11 is 7.69. The second kappa shape index (κ2) is 10.3. The van der Waals surface area contributed by atoms with Gasteiger partial charge in [0.25, 0.3) is 0 Å². The highest BCUT2D eigenvalue weighted by Gasteiger charge is 2.17. The van der Waals surface area contributed by atoms with E-state index in [2.05, 4.69) is 20.5 Å². The highest BCUT2D eigenvalue weighted by molar-refractivity contribution is 7.18. The lowest BCUT2D eigenvalue weighted by Gasteiger charge is -2.11. The Morgan fingerprint density at radius 1 is 1.23 bits per heavy atom. The summed E-state index contributed by atoms with van der Waals surface area (Å²) in [5.74, 6) is 0.225. The van der Waals surface area contributed by atoms with E-state index in [1.807, 2.05) is 32.9 Å². The number of aliphatic hydroxyl groups excluding tert-OH is 1. The molecule has 0 bridgehead atoms. The molecular formula is C21H25ClFN5O2S. The van der Waals surface area contributed by atoms with Gasteiger partial charge in [-0.25, -0.2) is 9.37 Å². The molecule has 0 unspecified atom stereocenters. The summed E-state index contributed by atoms with van der Waals surface area (Å²) in [5.41, 5.74) is 7.79. The van der Waals surface area contributed by atoms with Gasteiger partial charge in [-0.3, -0.25) is 0 Å². The summed E-state index contributed by atoms with van der Waals surface area (Å²) in [5, 5.41) is 22.2. The SMILES string of the molecule is Cc1cc(-c2nnc(-c3cc(F)c(OCC[C@H](N)CO)cc3Cl)s2)cc(NC(C)C)n1. The van der Waals surface area contributed by atoms with Gasteiger partial charge in [0, 0.05) is 35.0 Å². The fraction of sp³-hybridized carbons (Fsp3) is 0.381. The Balaban J connectivity index is 1.82. The summed E-state index contributed by atoms with van der Waals surface area (Å²) in [6, 6.07) is 6.37. The van der Waals surface area contributed by atoms with Crippen molar-refractivity contribution in [1.29, 1.82) is 0 Å². The Morgan fingerprint density at radius 3 is 2.68 bits per heavy atom. The molecule has 0 aliphatic carbocycles. The number of pyridine rings is 1. The Morgan fingerprint density at radius 2 is 1.97 bits per heavy atom. The number of aliphatic hydroxyl groups is 1. The van der Waals surface area contributed by atoms with Crippen LogP contribution < -0.4 is 15.8 Å². The summed E-state index contributed by atoms with van der Waals surface area (Å²) < 4.78 is 20.0. The van der Waals surface area contributed by atoms with E-state index in [-0.39, 0.29) is 25.0 Å². The molecule has 0 spiro atoms. The van der Waals surface area contributed by atoms with Gasteiger partial charge in [-0.15, -0.1) is 10.2 Å². The Hall–Kier alpha value is -2.33. The van der Waals surface area contributed by atoms with Crippen LogP contribution in [0, 0.1) is 12.7 Å². The molecule has 166 valence electrons. The molecule has 2 aromatic heterocycles. The van der Waals surface area contributed by atoms with Gasteiger partial charge < -0.3 is 20.9 Å². The van der Waals surface area contributed by atoms with Gasteiger partial charge in [0.15, 0.2) is 11.6 Å². The number of hydrogen-bond acceptors (Lipinski definition) is 8. The third kappa shape index (κ3) is 6.10. The van der Waals surface area contributed by atoms with Gasteiger partial charge in [0.05, 0.1) is 18.2 Å². The minimum absolute atomic E-state index is 0.0257. The molecule has 2 heterocycles. The van der Waals surface area contributed by atoms with Gasteiger partial charge >= 0.3 is 0 Å². The maximum atomic E-state index is 14.6. The molecule has 10 heteroatoms. The Kier molecular flexibility index (Phi) is 7.77. The van der Waals surface area contributed by atoms with Crippen molar-refractivity contribution in [2.45, 2.75) is 39.3 Å². The first-order chi connectivity index (χ1) is 14.8. The number of rotatable bonds is 9. The number of aromatic nitrogens is 3. The van der Waals surface area contributed by atoms with Crippen molar-refractivity contribution in [3.05, 3.63) is 40.8 Å². The van der Waals surface area contributed by atoms with Crippen LogP contribution in [0.1, 0.15) is 26.0 Å². The molecule has 7 nitrogen and oxygen atoms in total. The van der Waals surface area contributed by atoms with Crippen LogP contribution in [-0.4, -0.2) is 45.6 Å². The van der Waals surface area contributed by atoms with Crippen LogP contribution in [-0.2, 0) is 0 Å². The van der Waals surface area contributed by atoms with Gasteiger partial charge in [-0.1, -0.05) is 22.9 Å². The third-order valence-corrected chi connectivity index (χ3v) is 5.61. The van der Waals surface area contributed by atoms with Crippen LogP contribution in [0.5, 0.6) is 5.75 Å². The minimum atomic E-state index is -0.558. The number of nitrogens with one attached hydrogen (secondary N) is 1. The van der Waals surface area contributed by atoms with Gasteiger partial charge in [0.2, 0.25) is 0 Å². The molecule has 31 heavy (non-hydrogen) atoms. The van der Waals surface area contributed by atoms with Crippen molar-refractivity contribution in [2.24, 2.45) is 5.73 Å². The van der Waals surface area contributed by atoms with E-state index in [1.165, 1.54) is 23.5 Å². The fourth-order valence-electron chi connectivity index (χ4n) is 2.83.